The van der Waals surface area contributed by atoms with Gasteiger partial charge in [0, 0.05) is 11.3 Å². The highest BCUT2D eigenvalue weighted by Crippen LogP contribution is 2.29. The van der Waals surface area contributed by atoms with Gasteiger partial charge >= 0.3 is 0 Å². The van der Waals surface area contributed by atoms with E-state index in [0.717, 1.165) is 39.6 Å². The fourth-order valence-electron chi connectivity index (χ4n) is 2.78. The highest BCUT2D eigenvalue weighted by atomic mass is 16.5. The molecule has 5 nitrogen and oxygen atoms in total. The van der Waals surface area contributed by atoms with E-state index in [1.165, 1.54) is 0 Å². The fraction of sp³-hybridized carbons (Fsp3) is 0.350. The summed E-state index contributed by atoms with van der Waals surface area (Å²) in [6.07, 6.45) is 0. The number of aryl methyl sites for hydroxylation is 2. The predicted molar refractivity (Wildman–Crippen MR) is 99.5 cm³/mol. The van der Waals surface area contributed by atoms with Crippen molar-refractivity contribution in [2.75, 3.05) is 33.1 Å². The van der Waals surface area contributed by atoms with Crippen LogP contribution in [0.3, 0.4) is 0 Å². The molecule has 0 bridgehead atoms. The van der Waals surface area contributed by atoms with Gasteiger partial charge in [-0.05, 0) is 43.2 Å². The average Bonchev–Trinajstić information content (AvgIpc) is 2.58. The summed E-state index contributed by atoms with van der Waals surface area (Å²) in [5, 5.41) is 2.98. The molecule has 2 rings (SSSR count). The van der Waals surface area contributed by atoms with Crippen molar-refractivity contribution in [3.05, 3.63) is 53.1 Å². The van der Waals surface area contributed by atoms with Gasteiger partial charge < -0.3 is 19.7 Å². The monoisotopic (exact) mass is 343 g/mol. The molecule has 0 saturated carbocycles. The Hall–Kier alpha value is -2.53. The molecule has 1 atom stereocenters. The Morgan fingerprint density at radius 1 is 1.04 bits per heavy atom. The van der Waals surface area contributed by atoms with Gasteiger partial charge in [-0.2, -0.15) is 0 Å². The van der Waals surface area contributed by atoms with Crippen LogP contribution in [0.25, 0.3) is 0 Å². The summed E-state index contributed by atoms with van der Waals surface area (Å²) in [7, 11) is 5.26. The Labute approximate surface area is 149 Å². The van der Waals surface area contributed by atoms with Gasteiger partial charge in [-0.15, -0.1) is 0 Å². The van der Waals surface area contributed by atoms with Crippen molar-refractivity contribution in [1.82, 2.24) is 0 Å². The van der Waals surface area contributed by atoms with E-state index in [2.05, 4.69) is 5.32 Å². The van der Waals surface area contributed by atoms with Crippen LogP contribution in [0.4, 0.5) is 5.69 Å². The Morgan fingerprint density at radius 2 is 1.68 bits per heavy atom. The number of amides is 1. The smallest absolute Gasteiger partial charge is 0.279 e. The van der Waals surface area contributed by atoms with E-state index < -0.39 is 0 Å². The Bertz CT molecular complexity index is 744. The number of quaternary nitrogens is 1. The van der Waals surface area contributed by atoms with E-state index >= 15 is 0 Å². The molecule has 5 heteroatoms. The van der Waals surface area contributed by atoms with Crippen LogP contribution in [0.5, 0.6) is 11.5 Å². The standard InChI is InChI=1S/C20H26N2O3/c1-14-8-6-7-9-17(14)21-20(23)13-22(3)12-16-11-19(25-5)18(24-4)10-15(16)2/h6-11H,12-13H2,1-5H3,(H,21,23)/p+1. The van der Waals surface area contributed by atoms with Gasteiger partial charge in [-0.3, -0.25) is 4.79 Å². The number of para-hydroxylation sites is 1. The normalized spacial score (nSPS) is 11.7. The maximum atomic E-state index is 12.3. The maximum absolute atomic E-state index is 12.3. The lowest BCUT2D eigenvalue weighted by Gasteiger charge is -2.17. The van der Waals surface area contributed by atoms with Gasteiger partial charge in [0.1, 0.15) is 6.54 Å². The minimum atomic E-state index is 0.00456. The summed E-state index contributed by atoms with van der Waals surface area (Å²) in [5.41, 5.74) is 4.18. The van der Waals surface area contributed by atoms with Crippen LogP contribution in [0, 0.1) is 13.8 Å². The minimum absolute atomic E-state index is 0.00456. The summed E-state index contributed by atoms with van der Waals surface area (Å²) in [6.45, 7) is 5.15. The van der Waals surface area contributed by atoms with Crippen molar-refractivity contribution in [2.45, 2.75) is 20.4 Å². The van der Waals surface area contributed by atoms with E-state index in [0.29, 0.717) is 12.3 Å². The number of benzene rings is 2. The molecule has 0 spiro atoms. The third kappa shape index (κ3) is 4.97. The number of ether oxygens (including phenoxy) is 2. The number of carbonyl (C=O) groups is 1. The second kappa shape index (κ2) is 8.53. The molecule has 0 fully saturated rings. The van der Waals surface area contributed by atoms with E-state index in [1.54, 1.807) is 14.2 Å². The van der Waals surface area contributed by atoms with Crippen molar-refractivity contribution >= 4 is 11.6 Å². The van der Waals surface area contributed by atoms with Crippen LogP contribution in [0.2, 0.25) is 0 Å². The lowest BCUT2D eigenvalue weighted by Crippen LogP contribution is -3.08. The molecule has 0 saturated heterocycles. The predicted octanol–water partition coefficient (Wildman–Crippen LogP) is 1.97. The molecule has 2 N–H and O–H groups in total. The van der Waals surface area contributed by atoms with Crippen LogP contribution in [0.1, 0.15) is 16.7 Å². The summed E-state index contributed by atoms with van der Waals surface area (Å²) in [5.74, 6) is 1.43. The van der Waals surface area contributed by atoms with Gasteiger partial charge in [0.05, 0.1) is 21.3 Å². The molecular weight excluding hydrogens is 316 g/mol. The van der Waals surface area contributed by atoms with Crippen molar-refractivity contribution in [3.8, 4) is 11.5 Å². The van der Waals surface area contributed by atoms with Crippen LogP contribution < -0.4 is 19.7 Å². The molecule has 0 aliphatic carbocycles. The number of nitrogens with one attached hydrogen (secondary N) is 2. The lowest BCUT2D eigenvalue weighted by atomic mass is 10.1. The summed E-state index contributed by atoms with van der Waals surface area (Å²) in [4.78, 5) is 13.4. The molecule has 1 unspecified atom stereocenters. The minimum Gasteiger partial charge on any atom is -0.493 e. The van der Waals surface area contributed by atoms with Gasteiger partial charge in [-0.1, -0.05) is 18.2 Å². The topological polar surface area (TPSA) is 52.0 Å². The second-order valence-corrected chi connectivity index (χ2v) is 6.31. The van der Waals surface area contributed by atoms with Crippen LogP contribution >= 0.6 is 0 Å². The van der Waals surface area contributed by atoms with Gasteiger partial charge in [-0.25, -0.2) is 0 Å². The fourth-order valence-corrected chi connectivity index (χ4v) is 2.78. The molecule has 2 aromatic carbocycles. The van der Waals surface area contributed by atoms with E-state index in [4.69, 9.17) is 9.47 Å². The number of hydrogen-bond donors (Lipinski definition) is 2. The van der Waals surface area contributed by atoms with E-state index in [1.807, 2.05) is 57.3 Å². The first-order valence-corrected chi connectivity index (χ1v) is 8.33. The Kier molecular flexibility index (Phi) is 6.42. The first kappa shape index (κ1) is 18.8. The third-order valence-corrected chi connectivity index (χ3v) is 4.22. The molecule has 0 heterocycles. The molecule has 0 aromatic heterocycles. The SMILES string of the molecule is COc1cc(C)c(C[NH+](C)CC(=O)Nc2ccccc2C)cc1OC. The van der Waals surface area contributed by atoms with Gasteiger partial charge in [0.15, 0.2) is 18.0 Å². The summed E-state index contributed by atoms with van der Waals surface area (Å²) >= 11 is 0. The zero-order chi connectivity index (χ0) is 18.4. The summed E-state index contributed by atoms with van der Waals surface area (Å²) < 4.78 is 10.7. The molecule has 0 radical (unpaired) electrons. The van der Waals surface area contributed by atoms with Crippen LogP contribution in [-0.4, -0.2) is 33.7 Å². The first-order valence-electron chi connectivity index (χ1n) is 8.33. The van der Waals surface area contributed by atoms with Crippen molar-refractivity contribution in [1.29, 1.82) is 0 Å². The van der Waals surface area contributed by atoms with Gasteiger partial charge in [0.25, 0.3) is 5.91 Å². The first-order chi connectivity index (χ1) is 11.9. The number of anilines is 1. The molecule has 25 heavy (non-hydrogen) atoms. The van der Waals surface area contributed by atoms with Crippen LogP contribution in [-0.2, 0) is 11.3 Å². The van der Waals surface area contributed by atoms with Crippen molar-refractivity contribution < 1.29 is 19.2 Å². The number of likely N-dealkylation sites (N-methyl/N-ethyl adjacent to an activating group) is 1. The zero-order valence-corrected chi connectivity index (χ0v) is 15.6. The number of rotatable bonds is 7. The third-order valence-electron chi connectivity index (χ3n) is 4.22. The summed E-state index contributed by atoms with van der Waals surface area (Å²) in [6, 6.07) is 11.7. The maximum Gasteiger partial charge on any atom is 0.279 e. The molecular formula is C20H27N2O3+. The molecule has 134 valence electrons. The van der Waals surface area contributed by atoms with E-state index in [-0.39, 0.29) is 5.91 Å². The Morgan fingerprint density at radius 3 is 2.32 bits per heavy atom. The number of methoxy groups -OCH3 is 2. The molecule has 2 aromatic rings. The quantitative estimate of drug-likeness (QED) is 0.808. The molecule has 1 amide bonds. The number of carbonyl (C=O) groups excluding carboxylic acids is 1. The average molecular weight is 343 g/mol. The zero-order valence-electron chi connectivity index (χ0n) is 15.6. The number of hydrogen-bond acceptors (Lipinski definition) is 3. The highest BCUT2D eigenvalue weighted by molar-refractivity contribution is 5.92. The van der Waals surface area contributed by atoms with Crippen molar-refractivity contribution in [3.63, 3.8) is 0 Å². The van der Waals surface area contributed by atoms with Gasteiger partial charge in [0.2, 0.25) is 0 Å². The van der Waals surface area contributed by atoms with Crippen LogP contribution in [0.15, 0.2) is 36.4 Å². The van der Waals surface area contributed by atoms with Crippen molar-refractivity contribution in [2.24, 2.45) is 0 Å². The Balaban J connectivity index is 2.01. The van der Waals surface area contributed by atoms with E-state index in [9.17, 15) is 4.79 Å². The molecule has 0 aliphatic heterocycles. The highest BCUT2D eigenvalue weighted by Gasteiger charge is 2.15. The largest absolute Gasteiger partial charge is 0.493 e. The second-order valence-electron chi connectivity index (χ2n) is 6.31. The lowest BCUT2D eigenvalue weighted by molar-refractivity contribution is -0.885. The molecule has 0 aliphatic rings.